The van der Waals surface area contributed by atoms with Gasteiger partial charge in [-0.1, -0.05) is 6.42 Å². The highest BCUT2D eigenvalue weighted by Crippen LogP contribution is 2.60. The lowest BCUT2D eigenvalue weighted by Crippen LogP contribution is -2.46. The van der Waals surface area contributed by atoms with E-state index >= 15 is 0 Å². The van der Waals surface area contributed by atoms with Crippen LogP contribution < -0.4 is 11.5 Å². The molecule has 0 aromatic rings. The standard InChI is InChI=1S/C14H24N2O/c15-12-10-3-4-11(8-10)14(12)6-1-2-9(5-7-14)13(16)17/h9-12H,1-8,15H2,(H2,16,17)/t9-,10+,11-,12-,14+/m1/s1. The molecule has 3 nitrogen and oxygen atoms in total. The summed E-state index contributed by atoms with van der Waals surface area (Å²) in [6.45, 7) is 0. The van der Waals surface area contributed by atoms with Crippen LogP contribution >= 0.6 is 0 Å². The van der Waals surface area contributed by atoms with Gasteiger partial charge < -0.3 is 11.5 Å². The molecule has 96 valence electrons. The zero-order valence-electron chi connectivity index (χ0n) is 10.5. The van der Waals surface area contributed by atoms with E-state index in [-0.39, 0.29) is 11.8 Å². The Morgan fingerprint density at radius 1 is 1.12 bits per heavy atom. The number of primary amides is 1. The van der Waals surface area contributed by atoms with Gasteiger partial charge in [0.1, 0.15) is 0 Å². The molecule has 3 fully saturated rings. The number of hydrogen-bond acceptors (Lipinski definition) is 2. The summed E-state index contributed by atoms with van der Waals surface area (Å²) in [6, 6.07) is 0.396. The van der Waals surface area contributed by atoms with E-state index in [0.29, 0.717) is 11.5 Å². The molecule has 0 saturated heterocycles. The van der Waals surface area contributed by atoms with Gasteiger partial charge in [-0.05, 0) is 62.2 Å². The zero-order chi connectivity index (χ0) is 12.0. The summed E-state index contributed by atoms with van der Waals surface area (Å²) >= 11 is 0. The van der Waals surface area contributed by atoms with Crippen LogP contribution in [0.1, 0.15) is 51.4 Å². The Hall–Kier alpha value is -0.570. The van der Waals surface area contributed by atoms with Gasteiger partial charge in [-0.25, -0.2) is 0 Å². The van der Waals surface area contributed by atoms with Gasteiger partial charge in [0.05, 0.1) is 0 Å². The molecule has 3 aliphatic rings. The Bertz CT molecular complexity index is 326. The molecule has 1 amide bonds. The van der Waals surface area contributed by atoms with Crippen LogP contribution in [0.4, 0.5) is 0 Å². The highest BCUT2D eigenvalue weighted by Gasteiger charge is 2.56. The van der Waals surface area contributed by atoms with Gasteiger partial charge in [0.15, 0.2) is 0 Å². The van der Waals surface area contributed by atoms with Crippen LogP contribution in [-0.2, 0) is 4.79 Å². The summed E-state index contributed by atoms with van der Waals surface area (Å²) in [5.41, 5.74) is 12.3. The fraction of sp³-hybridized carbons (Fsp3) is 0.929. The molecule has 0 aromatic heterocycles. The van der Waals surface area contributed by atoms with Crippen molar-refractivity contribution in [3.8, 4) is 0 Å². The van der Waals surface area contributed by atoms with Crippen LogP contribution in [0.15, 0.2) is 0 Å². The molecule has 0 unspecified atom stereocenters. The van der Waals surface area contributed by atoms with Gasteiger partial charge in [0, 0.05) is 12.0 Å². The smallest absolute Gasteiger partial charge is 0.220 e. The maximum Gasteiger partial charge on any atom is 0.220 e. The fourth-order valence-corrected chi connectivity index (χ4v) is 5.02. The first-order valence-corrected chi connectivity index (χ1v) is 7.18. The molecule has 3 heteroatoms. The first-order valence-electron chi connectivity index (χ1n) is 7.18. The normalized spacial score (nSPS) is 49.5. The Labute approximate surface area is 103 Å². The third-order valence-electron chi connectivity index (χ3n) is 6.01. The molecular formula is C14H24N2O. The Morgan fingerprint density at radius 3 is 2.59 bits per heavy atom. The number of rotatable bonds is 1. The maximum atomic E-state index is 11.3. The first-order chi connectivity index (χ1) is 8.13. The molecule has 4 N–H and O–H groups in total. The van der Waals surface area contributed by atoms with Gasteiger partial charge in [0.2, 0.25) is 5.91 Å². The lowest BCUT2D eigenvalue weighted by molar-refractivity contribution is -0.122. The van der Waals surface area contributed by atoms with Crippen LogP contribution in [0.2, 0.25) is 0 Å². The van der Waals surface area contributed by atoms with Crippen molar-refractivity contribution < 1.29 is 4.79 Å². The Morgan fingerprint density at radius 2 is 1.94 bits per heavy atom. The largest absolute Gasteiger partial charge is 0.369 e. The van der Waals surface area contributed by atoms with E-state index in [4.69, 9.17) is 11.5 Å². The third-order valence-corrected chi connectivity index (χ3v) is 6.01. The Balaban J connectivity index is 1.78. The highest BCUT2D eigenvalue weighted by atomic mass is 16.1. The molecular weight excluding hydrogens is 212 g/mol. The van der Waals surface area contributed by atoms with Crippen LogP contribution in [0.5, 0.6) is 0 Å². The predicted octanol–water partition coefficient (Wildman–Crippen LogP) is 1.80. The van der Waals surface area contributed by atoms with Crippen molar-refractivity contribution in [1.82, 2.24) is 0 Å². The van der Waals surface area contributed by atoms with Crippen molar-refractivity contribution in [2.75, 3.05) is 0 Å². The topological polar surface area (TPSA) is 69.1 Å². The fourth-order valence-electron chi connectivity index (χ4n) is 5.02. The van der Waals surface area contributed by atoms with E-state index in [1.165, 1.54) is 25.7 Å². The summed E-state index contributed by atoms with van der Waals surface area (Å²) in [6.07, 6.45) is 9.55. The molecule has 0 radical (unpaired) electrons. The summed E-state index contributed by atoms with van der Waals surface area (Å²) in [5, 5.41) is 0. The van der Waals surface area contributed by atoms with Crippen molar-refractivity contribution in [1.29, 1.82) is 0 Å². The van der Waals surface area contributed by atoms with Crippen LogP contribution in [0.25, 0.3) is 0 Å². The summed E-state index contributed by atoms with van der Waals surface area (Å²) in [5.74, 6) is 1.62. The second-order valence-electron chi connectivity index (χ2n) is 6.56. The molecule has 0 aliphatic heterocycles. The van der Waals surface area contributed by atoms with Crippen LogP contribution in [-0.4, -0.2) is 11.9 Å². The lowest BCUT2D eigenvalue weighted by atomic mass is 9.65. The van der Waals surface area contributed by atoms with Crippen molar-refractivity contribution >= 4 is 5.91 Å². The van der Waals surface area contributed by atoms with Crippen LogP contribution in [0, 0.1) is 23.2 Å². The number of amides is 1. The minimum Gasteiger partial charge on any atom is -0.369 e. The second-order valence-corrected chi connectivity index (χ2v) is 6.56. The zero-order valence-corrected chi connectivity index (χ0v) is 10.5. The van der Waals surface area contributed by atoms with E-state index in [2.05, 4.69) is 0 Å². The van der Waals surface area contributed by atoms with Gasteiger partial charge in [-0.15, -0.1) is 0 Å². The maximum absolute atomic E-state index is 11.3. The van der Waals surface area contributed by atoms with Crippen molar-refractivity contribution in [3.63, 3.8) is 0 Å². The summed E-state index contributed by atoms with van der Waals surface area (Å²) in [4.78, 5) is 11.3. The molecule has 1 spiro atoms. The SMILES string of the molecule is NC(=O)[C@@H]1CCC[C@]2(CC1)[C@@H]1CC[C@@H](C1)[C@H]2N. The lowest BCUT2D eigenvalue weighted by Gasteiger charge is -2.42. The number of carbonyl (C=O) groups is 1. The van der Waals surface area contributed by atoms with E-state index in [9.17, 15) is 4.79 Å². The number of fused-ring (bicyclic) bond motifs is 3. The number of carbonyl (C=O) groups excluding carboxylic acids is 1. The van der Waals surface area contributed by atoms with Crippen molar-refractivity contribution in [2.45, 2.75) is 57.4 Å². The van der Waals surface area contributed by atoms with Crippen molar-refractivity contribution in [3.05, 3.63) is 0 Å². The van der Waals surface area contributed by atoms with E-state index in [1.54, 1.807) is 0 Å². The molecule has 3 aliphatic carbocycles. The second kappa shape index (κ2) is 3.98. The number of nitrogens with two attached hydrogens (primary N) is 2. The molecule has 0 heterocycles. The summed E-state index contributed by atoms with van der Waals surface area (Å²) in [7, 11) is 0. The van der Waals surface area contributed by atoms with Gasteiger partial charge in [-0.2, -0.15) is 0 Å². The van der Waals surface area contributed by atoms with E-state index in [0.717, 1.165) is 37.5 Å². The highest BCUT2D eigenvalue weighted by molar-refractivity contribution is 5.76. The summed E-state index contributed by atoms with van der Waals surface area (Å²) < 4.78 is 0. The predicted molar refractivity (Wildman–Crippen MR) is 67.0 cm³/mol. The molecule has 3 saturated carbocycles. The number of hydrogen-bond donors (Lipinski definition) is 2. The molecule has 3 rings (SSSR count). The van der Waals surface area contributed by atoms with Gasteiger partial charge in [-0.3, -0.25) is 4.79 Å². The quantitative estimate of drug-likeness (QED) is 0.729. The third kappa shape index (κ3) is 1.62. The average molecular weight is 236 g/mol. The molecule has 17 heavy (non-hydrogen) atoms. The monoisotopic (exact) mass is 236 g/mol. The van der Waals surface area contributed by atoms with Gasteiger partial charge in [0.25, 0.3) is 0 Å². The molecule has 2 bridgehead atoms. The van der Waals surface area contributed by atoms with Crippen LogP contribution in [0.3, 0.4) is 0 Å². The molecule has 5 atom stereocenters. The van der Waals surface area contributed by atoms with E-state index < -0.39 is 0 Å². The minimum atomic E-state index is -0.0984. The van der Waals surface area contributed by atoms with E-state index in [1.807, 2.05) is 0 Å². The first kappa shape index (κ1) is 11.5. The Kier molecular flexibility index (Phi) is 2.69. The van der Waals surface area contributed by atoms with Crippen molar-refractivity contribution in [2.24, 2.45) is 34.6 Å². The molecule has 0 aromatic carbocycles. The van der Waals surface area contributed by atoms with Gasteiger partial charge >= 0.3 is 0 Å². The average Bonchev–Trinajstić information content (AvgIpc) is 2.78. The minimum absolute atomic E-state index is 0.0984.